The van der Waals surface area contributed by atoms with Crippen LogP contribution in [0.5, 0.6) is 0 Å². The minimum absolute atomic E-state index is 0.149. The van der Waals surface area contributed by atoms with Gasteiger partial charge in [-0.2, -0.15) is 0 Å². The summed E-state index contributed by atoms with van der Waals surface area (Å²) in [6.07, 6.45) is 4.14. The van der Waals surface area contributed by atoms with E-state index in [9.17, 15) is 0 Å². The molecule has 0 aliphatic carbocycles. The van der Waals surface area contributed by atoms with Crippen LogP contribution in [0.3, 0.4) is 0 Å². The third-order valence-corrected chi connectivity index (χ3v) is 3.47. The molecule has 0 saturated carbocycles. The lowest BCUT2D eigenvalue weighted by Crippen LogP contribution is -2.21. The van der Waals surface area contributed by atoms with Crippen LogP contribution in [-0.4, -0.2) is 9.55 Å². The Labute approximate surface area is 101 Å². The standard InChI is InChI=1S/C14H17N3/c1-10-4-6-11(7-5-10)14-16-9-13-12(15)3-2-8-17(13)14/h4-7,9,12H,2-3,8,15H2,1H3. The fourth-order valence-electron chi connectivity index (χ4n) is 2.47. The average Bonchev–Trinajstić information content (AvgIpc) is 2.75. The molecule has 3 nitrogen and oxygen atoms in total. The Kier molecular flexibility index (Phi) is 2.48. The second kappa shape index (κ2) is 4.00. The molecule has 0 amide bonds. The van der Waals surface area contributed by atoms with Gasteiger partial charge in [-0.25, -0.2) is 4.98 Å². The summed E-state index contributed by atoms with van der Waals surface area (Å²) in [5, 5.41) is 0. The van der Waals surface area contributed by atoms with Gasteiger partial charge < -0.3 is 10.3 Å². The molecule has 0 bridgehead atoms. The van der Waals surface area contributed by atoms with E-state index in [2.05, 4.69) is 40.7 Å². The molecule has 1 aliphatic rings. The van der Waals surface area contributed by atoms with E-state index in [4.69, 9.17) is 5.73 Å². The van der Waals surface area contributed by atoms with Crippen molar-refractivity contribution >= 4 is 0 Å². The van der Waals surface area contributed by atoms with Crippen molar-refractivity contribution in [2.45, 2.75) is 32.4 Å². The summed E-state index contributed by atoms with van der Waals surface area (Å²) < 4.78 is 2.26. The molecule has 17 heavy (non-hydrogen) atoms. The van der Waals surface area contributed by atoms with Gasteiger partial charge in [-0.15, -0.1) is 0 Å². The monoisotopic (exact) mass is 227 g/mol. The van der Waals surface area contributed by atoms with Gasteiger partial charge in [-0.3, -0.25) is 0 Å². The van der Waals surface area contributed by atoms with E-state index in [1.165, 1.54) is 16.8 Å². The van der Waals surface area contributed by atoms with Crippen LogP contribution in [0.15, 0.2) is 30.5 Å². The molecule has 0 spiro atoms. The first-order valence-corrected chi connectivity index (χ1v) is 6.14. The molecule has 1 aromatic carbocycles. The Morgan fingerprint density at radius 1 is 1.29 bits per heavy atom. The number of nitrogens with two attached hydrogens (primary N) is 1. The van der Waals surface area contributed by atoms with Crippen LogP contribution in [-0.2, 0) is 6.54 Å². The van der Waals surface area contributed by atoms with Gasteiger partial charge in [0.05, 0.1) is 11.9 Å². The molecule has 1 unspecified atom stereocenters. The molecule has 0 radical (unpaired) electrons. The molecular formula is C14H17N3. The van der Waals surface area contributed by atoms with E-state index in [0.717, 1.165) is 25.2 Å². The second-order valence-electron chi connectivity index (χ2n) is 4.77. The topological polar surface area (TPSA) is 43.8 Å². The predicted molar refractivity (Wildman–Crippen MR) is 68.6 cm³/mol. The van der Waals surface area contributed by atoms with Crippen LogP contribution in [0.4, 0.5) is 0 Å². The molecule has 2 heterocycles. The summed E-state index contributed by atoms with van der Waals surface area (Å²) in [7, 11) is 0. The number of rotatable bonds is 1. The van der Waals surface area contributed by atoms with Crippen molar-refractivity contribution in [2.24, 2.45) is 5.73 Å². The Bertz CT molecular complexity index is 525. The zero-order chi connectivity index (χ0) is 11.8. The zero-order valence-corrected chi connectivity index (χ0v) is 10.1. The van der Waals surface area contributed by atoms with Crippen molar-refractivity contribution in [1.82, 2.24) is 9.55 Å². The van der Waals surface area contributed by atoms with Gasteiger partial charge in [-0.1, -0.05) is 29.8 Å². The molecule has 2 N–H and O–H groups in total. The lowest BCUT2D eigenvalue weighted by atomic mass is 10.1. The van der Waals surface area contributed by atoms with Crippen LogP contribution < -0.4 is 5.73 Å². The lowest BCUT2D eigenvalue weighted by molar-refractivity contribution is 0.466. The van der Waals surface area contributed by atoms with E-state index < -0.39 is 0 Å². The largest absolute Gasteiger partial charge is 0.327 e. The number of hydrogen-bond donors (Lipinski definition) is 1. The van der Waals surface area contributed by atoms with Crippen molar-refractivity contribution in [3.8, 4) is 11.4 Å². The number of aromatic nitrogens is 2. The van der Waals surface area contributed by atoms with E-state index in [1.807, 2.05) is 6.20 Å². The van der Waals surface area contributed by atoms with Gasteiger partial charge in [0.2, 0.25) is 0 Å². The quantitative estimate of drug-likeness (QED) is 0.814. The lowest BCUT2D eigenvalue weighted by Gasteiger charge is -2.22. The van der Waals surface area contributed by atoms with Crippen LogP contribution in [0.1, 0.15) is 30.1 Å². The maximum absolute atomic E-state index is 6.10. The molecule has 0 saturated heterocycles. The molecule has 1 aliphatic heterocycles. The normalized spacial score (nSPS) is 19.1. The van der Waals surface area contributed by atoms with E-state index in [-0.39, 0.29) is 6.04 Å². The summed E-state index contributed by atoms with van der Waals surface area (Å²) in [6.45, 7) is 3.13. The average molecular weight is 227 g/mol. The molecule has 1 atom stereocenters. The number of nitrogens with zero attached hydrogens (tertiary/aromatic N) is 2. The van der Waals surface area contributed by atoms with Crippen molar-refractivity contribution in [2.75, 3.05) is 0 Å². The minimum Gasteiger partial charge on any atom is -0.327 e. The van der Waals surface area contributed by atoms with Crippen molar-refractivity contribution in [1.29, 1.82) is 0 Å². The minimum atomic E-state index is 0.149. The summed E-state index contributed by atoms with van der Waals surface area (Å²) in [5.74, 6) is 1.05. The van der Waals surface area contributed by atoms with Crippen LogP contribution in [0.25, 0.3) is 11.4 Å². The van der Waals surface area contributed by atoms with Crippen molar-refractivity contribution < 1.29 is 0 Å². The number of imidazole rings is 1. The summed E-state index contributed by atoms with van der Waals surface area (Å²) in [4.78, 5) is 4.53. The molecule has 2 aromatic rings. The second-order valence-corrected chi connectivity index (χ2v) is 4.77. The number of benzene rings is 1. The molecule has 1 aromatic heterocycles. The Morgan fingerprint density at radius 3 is 2.82 bits per heavy atom. The summed E-state index contributed by atoms with van der Waals surface area (Å²) in [5.41, 5.74) is 9.72. The molecule has 3 rings (SSSR count). The van der Waals surface area contributed by atoms with E-state index >= 15 is 0 Å². The number of hydrogen-bond acceptors (Lipinski definition) is 2. The Morgan fingerprint density at radius 2 is 2.06 bits per heavy atom. The first-order valence-electron chi connectivity index (χ1n) is 6.14. The van der Waals surface area contributed by atoms with Gasteiger partial charge in [0, 0.05) is 18.2 Å². The zero-order valence-electron chi connectivity index (χ0n) is 10.1. The third-order valence-electron chi connectivity index (χ3n) is 3.47. The Hall–Kier alpha value is -1.61. The first-order chi connectivity index (χ1) is 8.25. The fourth-order valence-corrected chi connectivity index (χ4v) is 2.47. The molecule has 88 valence electrons. The highest BCUT2D eigenvalue weighted by atomic mass is 15.1. The highest BCUT2D eigenvalue weighted by Gasteiger charge is 2.20. The predicted octanol–water partition coefficient (Wildman–Crippen LogP) is 2.65. The van der Waals surface area contributed by atoms with Gasteiger partial charge in [-0.05, 0) is 19.8 Å². The third kappa shape index (κ3) is 1.76. The summed E-state index contributed by atoms with van der Waals surface area (Å²) in [6, 6.07) is 8.66. The van der Waals surface area contributed by atoms with Gasteiger partial charge in [0.15, 0.2) is 0 Å². The van der Waals surface area contributed by atoms with Crippen LogP contribution in [0, 0.1) is 6.92 Å². The highest BCUT2D eigenvalue weighted by Crippen LogP contribution is 2.28. The van der Waals surface area contributed by atoms with E-state index in [1.54, 1.807) is 0 Å². The first kappa shape index (κ1) is 10.5. The fraction of sp³-hybridized carbons (Fsp3) is 0.357. The van der Waals surface area contributed by atoms with Crippen molar-refractivity contribution in [3.63, 3.8) is 0 Å². The molecule has 3 heteroatoms. The molecular weight excluding hydrogens is 210 g/mol. The molecule has 0 fully saturated rings. The maximum Gasteiger partial charge on any atom is 0.140 e. The maximum atomic E-state index is 6.10. The number of aryl methyl sites for hydroxylation is 1. The summed E-state index contributed by atoms with van der Waals surface area (Å²) >= 11 is 0. The van der Waals surface area contributed by atoms with Crippen molar-refractivity contribution in [3.05, 3.63) is 41.7 Å². The van der Waals surface area contributed by atoms with Gasteiger partial charge in [0.1, 0.15) is 5.82 Å². The highest BCUT2D eigenvalue weighted by molar-refractivity contribution is 5.57. The van der Waals surface area contributed by atoms with E-state index in [0.29, 0.717) is 0 Å². The smallest absolute Gasteiger partial charge is 0.140 e. The van der Waals surface area contributed by atoms with Crippen LogP contribution >= 0.6 is 0 Å². The van der Waals surface area contributed by atoms with Gasteiger partial charge in [0.25, 0.3) is 0 Å². The number of fused-ring (bicyclic) bond motifs is 1. The van der Waals surface area contributed by atoms with Crippen LogP contribution in [0.2, 0.25) is 0 Å². The Balaban J connectivity index is 2.07. The van der Waals surface area contributed by atoms with Gasteiger partial charge >= 0.3 is 0 Å². The SMILES string of the molecule is Cc1ccc(-c2ncc3n2CCCC3N)cc1.